The van der Waals surface area contributed by atoms with Crippen molar-refractivity contribution in [2.24, 2.45) is 0 Å². The van der Waals surface area contributed by atoms with Crippen LogP contribution in [-0.2, 0) is 11.3 Å². The lowest BCUT2D eigenvalue weighted by Crippen LogP contribution is -2.34. The van der Waals surface area contributed by atoms with E-state index in [1.165, 1.54) is 18.7 Å². The summed E-state index contributed by atoms with van der Waals surface area (Å²) in [6, 6.07) is 3.65. The molecule has 0 spiro atoms. The molecule has 1 fully saturated rings. The van der Waals surface area contributed by atoms with E-state index in [1.54, 1.807) is 6.07 Å². The molecule has 0 bridgehead atoms. The highest BCUT2D eigenvalue weighted by Gasteiger charge is 2.17. The van der Waals surface area contributed by atoms with Gasteiger partial charge in [0.25, 0.3) is 5.56 Å². The molecule has 0 saturated heterocycles. The predicted molar refractivity (Wildman–Crippen MR) is 68.4 cm³/mol. The SMILES string of the molecule is N#CCNC(=O)Cn1ncc(NC2CCC2)cc1=O. The molecule has 1 heterocycles. The third-order valence-electron chi connectivity index (χ3n) is 3.00. The van der Waals surface area contributed by atoms with E-state index in [-0.39, 0.29) is 18.6 Å². The maximum atomic E-state index is 11.8. The number of hydrogen-bond donors (Lipinski definition) is 2. The average molecular weight is 261 g/mol. The number of nitrogens with zero attached hydrogens (tertiary/aromatic N) is 3. The molecule has 0 atom stereocenters. The van der Waals surface area contributed by atoms with Gasteiger partial charge < -0.3 is 10.6 Å². The van der Waals surface area contributed by atoms with Gasteiger partial charge >= 0.3 is 0 Å². The van der Waals surface area contributed by atoms with Crippen LogP contribution in [0.4, 0.5) is 5.69 Å². The van der Waals surface area contributed by atoms with Crippen LogP contribution in [0.2, 0.25) is 0 Å². The molecule has 1 aliphatic carbocycles. The topological polar surface area (TPSA) is 99.8 Å². The maximum Gasteiger partial charge on any atom is 0.269 e. The number of amides is 1. The number of nitriles is 1. The van der Waals surface area contributed by atoms with Gasteiger partial charge in [0.2, 0.25) is 5.91 Å². The number of hydrogen-bond acceptors (Lipinski definition) is 5. The number of carbonyl (C=O) groups excluding carboxylic acids is 1. The van der Waals surface area contributed by atoms with Gasteiger partial charge in [-0.15, -0.1) is 0 Å². The molecule has 2 rings (SSSR count). The number of rotatable bonds is 5. The Balaban J connectivity index is 1.96. The minimum atomic E-state index is -0.407. The van der Waals surface area contributed by atoms with E-state index in [0.29, 0.717) is 11.7 Å². The molecule has 1 aromatic rings. The number of carbonyl (C=O) groups is 1. The summed E-state index contributed by atoms with van der Waals surface area (Å²) in [5.41, 5.74) is 0.347. The van der Waals surface area contributed by atoms with Crippen molar-refractivity contribution >= 4 is 11.6 Å². The number of nitrogens with one attached hydrogen (secondary N) is 2. The monoisotopic (exact) mass is 261 g/mol. The van der Waals surface area contributed by atoms with Gasteiger partial charge in [-0.25, -0.2) is 4.68 Å². The normalized spacial score (nSPS) is 14.3. The molecule has 1 aliphatic rings. The fraction of sp³-hybridized carbons (Fsp3) is 0.500. The summed E-state index contributed by atoms with van der Waals surface area (Å²) < 4.78 is 1.07. The summed E-state index contributed by atoms with van der Waals surface area (Å²) in [4.78, 5) is 23.1. The lowest BCUT2D eigenvalue weighted by atomic mass is 9.93. The highest BCUT2D eigenvalue weighted by Crippen LogP contribution is 2.21. The highest BCUT2D eigenvalue weighted by atomic mass is 16.2. The summed E-state index contributed by atoms with van der Waals surface area (Å²) in [5, 5.41) is 17.8. The number of anilines is 1. The second-order valence-corrected chi connectivity index (χ2v) is 4.45. The molecule has 2 N–H and O–H groups in total. The smallest absolute Gasteiger partial charge is 0.269 e. The molecule has 0 aliphatic heterocycles. The Kier molecular flexibility index (Phi) is 4.13. The van der Waals surface area contributed by atoms with Gasteiger partial charge in [-0.2, -0.15) is 10.4 Å². The molecule has 1 aromatic heterocycles. The van der Waals surface area contributed by atoms with Gasteiger partial charge in [-0.1, -0.05) is 0 Å². The van der Waals surface area contributed by atoms with Crippen LogP contribution < -0.4 is 16.2 Å². The van der Waals surface area contributed by atoms with E-state index >= 15 is 0 Å². The van der Waals surface area contributed by atoms with Crippen LogP contribution in [0.1, 0.15) is 19.3 Å². The fourth-order valence-corrected chi connectivity index (χ4v) is 1.75. The summed E-state index contributed by atoms with van der Waals surface area (Å²) in [5.74, 6) is -0.407. The van der Waals surface area contributed by atoms with Crippen LogP contribution >= 0.6 is 0 Å². The van der Waals surface area contributed by atoms with Crippen LogP contribution in [0.3, 0.4) is 0 Å². The summed E-state index contributed by atoms with van der Waals surface area (Å²) in [7, 11) is 0. The van der Waals surface area contributed by atoms with E-state index in [2.05, 4.69) is 15.7 Å². The largest absolute Gasteiger partial charge is 0.381 e. The van der Waals surface area contributed by atoms with Gasteiger partial charge in [-0.3, -0.25) is 9.59 Å². The van der Waals surface area contributed by atoms with Gasteiger partial charge in [0.1, 0.15) is 13.1 Å². The second kappa shape index (κ2) is 6.00. The van der Waals surface area contributed by atoms with Gasteiger partial charge in [0, 0.05) is 12.1 Å². The maximum absolute atomic E-state index is 11.8. The zero-order valence-corrected chi connectivity index (χ0v) is 10.4. The van der Waals surface area contributed by atoms with Crippen LogP contribution in [0.5, 0.6) is 0 Å². The Labute approximate surface area is 110 Å². The molecule has 0 aromatic carbocycles. The summed E-state index contributed by atoms with van der Waals surface area (Å²) >= 11 is 0. The van der Waals surface area contributed by atoms with Crippen molar-refractivity contribution < 1.29 is 4.79 Å². The highest BCUT2D eigenvalue weighted by molar-refractivity contribution is 5.75. The van der Waals surface area contributed by atoms with Crippen LogP contribution in [0.15, 0.2) is 17.1 Å². The minimum Gasteiger partial charge on any atom is -0.381 e. The Bertz CT molecular complexity index is 556. The Morgan fingerprint density at radius 2 is 2.37 bits per heavy atom. The van der Waals surface area contributed by atoms with Crippen molar-refractivity contribution in [3.05, 3.63) is 22.6 Å². The minimum absolute atomic E-state index is 0.0745. The van der Waals surface area contributed by atoms with Crippen molar-refractivity contribution in [1.29, 1.82) is 5.26 Å². The summed E-state index contributed by atoms with van der Waals surface area (Å²) in [6.07, 6.45) is 4.97. The van der Waals surface area contributed by atoms with E-state index < -0.39 is 5.91 Å². The standard InChI is InChI=1S/C12H15N5O2/c13-4-5-14-11(18)8-17-12(19)6-10(7-15-17)16-9-2-1-3-9/h6-7,9,16H,1-3,5,8H2,(H,14,18). The molecule has 100 valence electrons. The molecule has 7 nitrogen and oxygen atoms in total. The van der Waals surface area contributed by atoms with E-state index in [0.717, 1.165) is 17.5 Å². The van der Waals surface area contributed by atoms with Crippen LogP contribution in [0.25, 0.3) is 0 Å². The first-order valence-corrected chi connectivity index (χ1v) is 6.16. The third kappa shape index (κ3) is 3.55. The quantitative estimate of drug-likeness (QED) is 0.718. The summed E-state index contributed by atoms with van der Waals surface area (Å²) in [6.45, 7) is -0.251. The Morgan fingerprint density at radius 3 is 2.95 bits per heavy atom. The second-order valence-electron chi connectivity index (χ2n) is 4.45. The van der Waals surface area contributed by atoms with Crippen molar-refractivity contribution in [3.63, 3.8) is 0 Å². The van der Waals surface area contributed by atoms with Gasteiger partial charge in [-0.05, 0) is 19.3 Å². The van der Waals surface area contributed by atoms with Gasteiger partial charge in [0.15, 0.2) is 0 Å². The first-order chi connectivity index (χ1) is 9.19. The van der Waals surface area contributed by atoms with Gasteiger partial charge in [0.05, 0.1) is 18.0 Å². The molecule has 7 heteroatoms. The van der Waals surface area contributed by atoms with Crippen LogP contribution in [-0.4, -0.2) is 28.3 Å². The first kappa shape index (κ1) is 13.1. The van der Waals surface area contributed by atoms with E-state index in [9.17, 15) is 9.59 Å². The van der Waals surface area contributed by atoms with E-state index in [4.69, 9.17) is 5.26 Å². The zero-order chi connectivity index (χ0) is 13.7. The lowest BCUT2D eigenvalue weighted by Gasteiger charge is -2.27. The molecule has 0 radical (unpaired) electrons. The number of aromatic nitrogens is 2. The fourth-order valence-electron chi connectivity index (χ4n) is 1.75. The molecule has 1 amide bonds. The molecule has 1 saturated carbocycles. The Hall–Kier alpha value is -2.36. The Morgan fingerprint density at radius 1 is 1.58 bits per heavy atom. The van der Waals surface area contributed by atoms with Crippen LogP contribution in [0, 0.1) is 11.3 Å². The van der Waals surface area contributed by atoms with Crippen molar-refractivity contribution in [1.82, 2.24) is 15.1 Å². The zero-order valence-electron chi connectivity index (χ0n) is 10.4. The first-order valence-electron chi connectivity index (χ1n) is 6.16. The van der Waals surface area contributed by atoms with E-state index in [1.807, 2.05) is 0 Å². The molecule has 19 heavy (non-hydrogen) atoms. The third-order valence-corrected chi connectivity index (χ3v) is 3.00. The molecular formula is C12H15N5O2. The molecule has 0 unspecified atom stereocenters. The van der Waals surface area contributed by atoms with Crippen molar-refractivity contribution in [3.8, 4) is 6.07 Å². The van der Waals surface area contributed by atoms with Crippen molar-refractivity contribution in [2.45, 2.75) is 31.8 Å². The molecular weight excluding hydrogens is 246 g/mol. The lowest BCUT2D eigenvalue weighted by molar-refractivity contribution is -0.121. The predicted octanol–water partition coefficient (Wildman–Crippen LogP) is -0.153. The average Bonchev–Trinajstić information content (AvgIpc) is 2.34. The van der Waals surface area contributed by atoms with Crippen molar-refractivity contribution in [2.75, 3.05) is 11.9 Å².